The predicted molar refractivity (Wildman–Crippen MR) is 80.6 cm³/mol. The van der Waals surface area contributed by atoms with E-state index in [9.17, 15) is 4.79 Å². The van der Waals surface area contributed by atoms with Gasteiger partial charge in [0.2, 0.25) is 0 Å². The van der Waals surface area contributed by atoms with E-state index in [1.807, 2.05) is 33.8 Å². The second-order valence-corrected chi connectivity index (χ2v) is 6.95. The van der Waals surface area contributed by atoms with Gasteiger partial charge in [0.05, 0.1) is 11.7 Å². The molecule has 2 unspecified atom stereocenters. The summed E-state index contributed by atoms with van der Waals surface area (Å²) in [6, 6.07) is 0. The summed E-state index contributed by atoms with van der Waals surface area (Å²) in [5.41, 5.74) is -0.222. The third-order valence-electron chi connectivity index (χ3n) is 2.80. The first-order valence-corrected chi connectivity index (χ1v) is 8.09. The summed E-state index contributed by atoms with van der Waals surface area (Å²) in [5, 5.41) is -0.208. The fraction of sp³-hybridized carbons (Fsp3) is 0.800. The second kappa shape index (κ2) is 7.95. The van der Waals surface area contributed by atoms with E-state index < -0.39 is 0 Å². The van der Waals surface area contributed by atoms with E-state index in [0.29, 0.717) is 0 Å². The quantitative estimate of drug-likeness (QED) is 0.563. The molecule has 1 aliphatic rings. The second-order valence-electron chi connectivity index (χ2n) is 5.75. The molecular formula is C15H26O3S. The molecule has 0 fully saturated rings. The lowest BCUT2D eigenvalue weighted by molar-refractivity contribution is -0.102. The lowest BCUT2D eigenvalue weighted by atomic mass is 10.00. The average molecular weight is 286 g/mol. The highest BCUT2D eigenvalue weighted by atomic mass is 32.2. The van der Waals surface area contributed by atoms with Crippen LogP contribution in [-0.2, 0) is 9.47 Å². The van der Waals surface area contributed by atoms with Crippen LogP contribution in [0.1, 0.15) is 53.4 Å². The minimum atomic E-state index is -0.258. The van der Waals surface area contributed by atoms with Gasteiger partial charge >= 0.3 is 5.30 Å². The molecule has 0 aromatic heterocycles. The Morgan fingerprint density at radius 3 is 2.74 bits per heavy atom. The van der Waals surface area contributed by atoms with Gasteiger partial charge < -0.3 is 9.47 Å². The van der Waals surface area contributed by atoms with Crippen molar-refractivity contribution in [1.29, 1.82) is 0 Å². The Balaban J connectivity index is 2.71. The molecule has 19 heavy (non-hydrogen) atoms. The predicted octanol–water partition coefficient (Wildman–Crippen LogP) is 4.56. The van der Waals surface area contributed by atoms with Crippen LogP contribution in [0.2, 0.25) is 0 Å². The van der Waals surface area contributed by atoms with Gasteiger partial charge in [-0.2, -0.15) is 0 Å². The van der Waals surface area contributed by atoms with Crippen LogP contribution >= 0.6 is 11.8 Å². The largest absolute Gasteiger partial charge is 0.447 e. The summed E-state index contributed by atoms with van der Waals surface area (Å²) in [6.45, 7) is 8.06. The maximum absolute atomic E-state index is 11.7. The molecule has 0 amide bonds. The molecule has 0 aliphatic heterocycles. The van der Waals surface area contributed by atoms with E-state index in [1.54, 1.807) is 0 Å². The third-order valence-corrected chi connectivity index (χ3v) is 3.42. The first-order chi connectivity index (χ1) is 8.92. The third kappa shape index (κ3) is 7.02. The number of rotatable bonds is 3. The molecule has 4 heteroatoms. The highest BCUT2D eigenvalue weighted by Gasteiger charge is 2.28. The molecule has 0 aromatic carbocycles. The zero-order chi connectivity index (χ0) is 14.3. The van der Waals surface area contributed by atoms with Gasteiger partial charge in [-0.3, -0.25) is 0 Å². The Morgan fingerprint density at radius 1 is 1.37 bits per heavy atom. The fourth-order valence-electron chi connectivity index (χ4n) is 2.08. The Labute approximate surface area is 121 Å². The molecule has 1 rings (SSSR count). The molecular weight excluding hydrogens is 260 g/mol. The normalized spacial score (nSPS) is 26.3. The van der Waals surface area contributed by atoms with Crippen LogP contribution < -0.4 is 0 Å². The summed E-state index contributed by atoms with van der Waals surface area (Å²) in [4.78, 5) is 11.7. The molecule has 3 nitrogen and oxygen atoms in total. The zero-order valence-electron chi connectivity index (χ0n) is 12.5. The zero-order valence-corrected chi connectivity index (χ0v) is 13.3. The van der Waals surface area contributed by atoms with Crippen molar-refractivity contribution in [2.45, 2.75) is 71.2 Å². The van der Waals surface area contributed by atoms with Crippen LogP contribution in [0.5, 0.6) is 0 Å². The Kier molecular flexibility index (Phi) is 6.94. The molecule has 0 saturated heterocycles. The van der Waals surface area contributed by atoms with Gasteiger partial charge in [-0.15, -0.1) is 0 Å². The van der Waals surface area contributed by atoms with Gasteiger partial charge in [0.1, 0.15) is 6.10 Å². The van der Waals surface area contributed by atoms with Gasteiger partial charge in [-0.05, 0) is 57.9 Å². The SMILES string of the molecule is CCSC(=O)OC1/C=C/CCCCC1OC(C)(C)C. The molecule has 2 atom stereocenters. The summed E-state index contributed by atoms with van der Waals surface area (Å²) < 4.78 is 11.6. The number of carbonyl (C=O) groups excluding carboxylic acids is 1. The van der Waals surface area contributed by atoms with E-state index in [4.69, 9.17) is 9.47 Å². The van der Waals surface area contributed by atoms with Gasteiger partial charge in [0.15, 0.2) is 0 Å². The standard InChI is InChI=1S/C15H26O3S/c1-5-19-14(16)17-12-10-8-6-7-9-11-13(12)18-15(2,3)4/h8,10,12-13H,5-7,9,11H2,1-4H3/b10-8+. The number of ether oxygens (including phenoxy) is 2. The summed E-state index contributed by atoms with van der Waals surface area (Å²) in [6.07, 6.45) is 8.07. The number of allylic oxidation sites excluding steroid dienone is 1. The summed E-state index contributed by atoms with van der Waals surface area (Å²) in [7, 11) is 0. The topological polar surface area (TPSA) is 35.5 Å². The Hall–Kier alpha value is -0.480. The number of thioether (sulfide) groups is 1. The first-order valence-electron chi connectivity index (χ1n) is 7.10. The molecule has 0 heterocycles. The van der Waals surface area contributed by atoms with Crippen molar-refractivity contribution in [2.24, 2.45) is 0 Å². The smallest absolute Gasteiger partial charge is 0.367 e. The van der Waals surface area contributed by atoms with Crippen LogP contribution in [0.15, 0.2) is 12.2 Å². The van der Waals surface area contributed by atoms with Crippen molar-refractivity contribution in [1.82, 2.24) is 0 Å². The van der Waals surface area contributed by atoms with Crippen LogP contribution in [0.25, 0.3) is 0 Å². The van der Waals surface area contributed by atoms with E-state index in [2.05, 4.69) is 6.08 Å². The summed E-state index contributed by atoms with van der Waals surface area (Å²) in [5.74, 6) is 0.736. The van der Waals surface area contributed by atoms with Crippen molar-refractivity contribution >= 4 is 17.1 Å². The van der Waals surface area contributed by atoms with Crippen molar-refractivity contribution in [2.75, 3.05) is 5.75 Å². The highest BCUT2D eigenvalue weighted by Crippen LogP contribution is 2.24. The average Bonchev–Trinajstić information content (AvgIpc) is 2.26. The van der Waals surface area contributed by atoms with Crippen molar-refractivity contribution in [3.63, 3.8) is 0 Å². The lowest BCUT2D eigenvalue weighted by Crippen LogP contribution is -2.37. The molecule has 0 N–H and O–H groups in total. The minimum absolute atomic E-state index is 0.0436. The van der Waals surface area contributed by atoms with E-state index >= 15 is 0 Å². The summed E-state index contributed by atoms with van der Waals surface area (Å²) >= 11 is 1.21. The number of hydrogen-bond donors (Lipinski definition) is 0. The van der Waals surface area contributed by atoms with E-state index in [-0.39, 0.29) is 23.1 Å². The van der Waals surface area contributed by atoms with Crippen molar-refractivity contribution < 1.29 is 14.3 Å². The fourth-order valence-corrected chi connectivity index (χ4v) is 2.50. The van der Waals surface area contributed by atoms with Crippen molar-refractivity contribution in [3.8, 4) is 0 Å². The monoisotopic (exact) mass is 286 g/mol. The molecule has 1 aliphatic carbocycles. The number of hydrogen-bond acceptors (Lipinski definition) is 4. The van der Waals surface area contributed by atoms with E-state index in [1.165, 1.54) is 18.2 Å². The van der Waals surface area contributed by atoms with Gasteiger partial charge in [0.25, 0.3) is 0 Å². The molecule has 0 saturated carbocycles. The highest BCUT2D eigenvalue weighted by molar-refractivity contribution is 8.13. The van der Waals surface area contributed by atoms with Gasteiger partial charge in [-0.1, -0.05) is 19.4 Å². The molecule has 110 valence electrons. The molecule has 0 radical (unpaired) electrons. The maximum atomic E-state index is 11.7. The minimum Gasteiger partial charge on any atom is -0.447 e. The molecule has 0 spiro atoms. The lowest BCUT2D eigenvalue weighted by Gasteiger charge is -2.32. The van der Waals surface area contributed by atoms with Gasteiger partial charge in [0, 0.05) is 5.75 Å². The molecule has 0 aromatic rings. The Morgan fingerprint density at radius 2 is 2.11 bits per heavy atom. The van der Waals surface area contributed by atoms with Crippen LogP contribution in [0, 0.1) is 0 Å². The van der Waals surface area contributed by atoms with Crippen molar-refractivity contribution in [3.05, 3.63) is 12.2 Å². The van der Waals surface area contributed by atoms with Gasteiger partial charge in [-0.25, -0.2) is 4.79 Å². The maximum Gasteiger partial charge on any atom is 0.367 e. The van der Waals surface area contributed by atoms with Crippen LogP contribution in [0.4, 0.5) is 4.79 Å². The first kappa shape index (κ1) is 16.6. The van der Waals surface area contributed by atoms with Crippen LogP contribution in [-0.4, -0.2) is 28.9 Å². The Bertz CT molecular complexity index is 307. The van der Waals surface area contributed by atoms with Crippen LogP contribution in [0.3, 0.4) is 0 Å². The van der Waals surface area contributed by atoms with E-state index in [0.717, 1.165) is 25.0 Å². The molecule has 0 bridgehead atoms. The number of carbonyl (C=O) groups is 1.